The second-order valence-corrected chi connectivity index (χ2v) is 8.19. The van der Waals surface area contributed by atoms with E-state index in [2.05, 4.69) is 11.1 Å². The van der Waals surface area contributed by atoms with Gasteiger partial charge in [-0.1, -0.05) is 47.7 Å². The molecule has 30 heavy (non-hydrogen) atoms. The second kappa shape index (κ2) is 8.24. The van der Waals surface area contributed by atoms with Gasteiger partial charge in [-0.2, -0.15) is 4.99 Å². The Bertz CT molecular complexity index is 1350. The molecule has 4 aromatic rings. The molecular formula is C24H22N2O3S. The fourth-order valence-electron chi connectivity index (χ4n) is 3.63. The summed E-state index contributed by atoms with van der Waals surface area (Å²) >= 11 is 1.41. The number of fused-ring (bicyclic) bond motifs is 2. The lowest BCUT2D eigenvalue weighted by Crippen LogP contribution is -2.23. The van der Waals surface area contributed by atoms with Gasteiger partial charge >= 0.3 is 5.97 Å². The topological polar surface area (TPSA) is 60.7 Å². The molecule has 0 saturated heterocycles. The molecule has 0 radical (unpaired) electrons. The maximum absolute atomic E-state index is 13.0. The molecule has 0 aliphatic rings. The lowest BCUT2D eigenvalue weighted by atomic mass is 10.1. The van der Waals surface area contributed by atoms with Crippen molar-refractivity contribution in [3.63, 3.8) is 0 Å². The van der Waals surface area contributed by atoms with Gasteiger partial charge in [-0.15, -0.1) is 0 Å². The van der Waals surface area contributed by atoms with E-state index in [4.69, 9.17) is 4.74 Å². The number of benzene rings is 3. The lowest BCUT2D eigenvalue weighted by Gasteiger charge is -2.07. The van der Waals surface area contributed by atoms with Crippen molar-refractivity contribution in [2.24, 2.45) is 4.99 Å². The summed E-state index contributed by atoms with van der Waals surface area (Å²) in [6.45, 7) is 6.12. The van der Waals surface area contributed by atoms with Crippen LogP contribution < -0.4 is 4.80 Å². The molecule has 0 bridgehead atoms. The van der Waals surface area contributed by atoms with E-state index in [0.717, 1.165) is 32.1 Å². The van der Waals surface area contributed by atoms with Crippen molar-refractivity contribution in [1.82, 2.24) is 4.57 Å². The average Bonchev–Trinajstić information content (AvgIpc) is 3.04. The standard InChI is InChI=1S/C24H22N2O3S/c1-4-29-21(27)14-26-22-16(3)11-15(2)12-20(22)30-24(26)25-23(28)19-10-9-17-7-5-6-8-18(17)13-19/h5-13H,4,14H2,1-3H3. The minimum atomic E-state index is -0.350. The number of hydrogen-bond acceptors (Lipinski definition) is 4. The van der Waals surface area contributed by atoms with Crippen LogP contribution >= 0.6 is 11.3 Å². The molecule has 0 saturated carbocycles. The van der Waals surface area contributed by atoms with Crippen molar-refractivity contribution in [2.45, 2.75) is 27.3 Å². The Morgan fingerprint density at radius 1 is 1.03 bits per heavy atom. The zero-order valence-corrected chi connectivity index (χ0v) is 18.0. The van der Waals surface area contributed by atoms with Crippen LogP contribution in [-0.4, -0.2) is 23.1 Å². The van der Waals surface area contributed by atoms with Crippen LogP contribution in [0.4, 0.5) is 0 Å². The molecule has 0 N–H and O–H groups in total. The van der Waals surface area contributed by atoms with Crippen LogP contribution in [0.3, 0.4) is 0 Å². The van der Waals surface area contributed by atoms with E-state index in [1.54, 1.807) is 17.6 Å². The Morgan fingerprint density at radius 2 is 1.80 bits per heavy atom. The van der Waals surface area contributed by atoms with Gasteiger partial charge < -0.3 is 9.30 Å². The first-order chi connectivity index (χ1) is 14.5. The summed E-state index contributed by atoms with van der Waals surface area (Å²) in [5, 5.41) is 2.06. The molecule has 0 atom stereocenters. The number of rotatable bonds is 4. The second-order valence-electron chi connectivity index (χ2n) is 7.18. The van der Waals surface area contributed by atoms with E-state index in [9.17, 15) is 9.59 Å². The van der Waals surface area contributed by atoms with Gasteiger partial charge in [-0.25, -0.2) is 0 Å². The smallest absolute Gasteiger partial charge is 0.326 e. The van der Waals surface area contributed by atoms with Crippen LogP contribution in [0.15, 0.2) is 59.6 Å². The third-order valence-electron chi connectivity index (χ3n) is 4.90. The van der Waals surface area contributed by atoms with Crippen LogP contribution in [-0.2, 0) is 16.1 Å². The third kappa shape index (κ3) is 3.91. The monoisotopic (exact) mass is 418 g/mol. The average molecular weight is 419 g/mol. The van der Waals surface area contributed by atoms with Crippen molar-refractivity contribution in [3.05, 3.63) is 76.1 Å². The van der Waals surface area contributed by atoms with Crippen LogP contribution in [0.2, 0.25) is 0 Å². The fraction of sp³-hybridized carbons (Fsp3) is 0.208. The van der Waals surface area contributed by atoms with E-state index in [1.807, 2.05) is 56.3 Å². The molecule has 1 amide bonds. The first kappa shape index (κ1) is 20.0. The summed E-state index contributed by atoms with van der Waals surface area (Å²) < 4.78 is 7.91. The van der Waals surface area contributed by atoms with Gasteiger partial charge in [0.25, 0.3) is 5.91 Å². The van der Waals surface area contributed by atoms with Gasteiger partial charge in [-0.05, 0) is 60.9 Å². The van der Waals surface area contributed by atoms with E-state index < -0.39 is 0 Å². The Kier molecular flexibility index (Phi) is 5.50. The van der Waals surface area contributed by atoms with Gasteiger partial charge in [0.15, 0.2) is 4.80 Å². The Hall–Kier alpha value is -3.25. The number of esters is 1. The largest absolute Gasteiger partial charge is 0.465 e. The minimum absolute atomic E-state index is 0.0155. The quantitative estimate of drug-likeness (QED) is 0.448. The van der Waals surface area contributed by atoms with Crippen LogP contribution in [0.25, 0.3) is 21.0 Å². The molecule has 5 nitrogen and oxygen atoms in total. The Balaban J connectivity index is 1.85. The summed E-state index contributed by atoms with van der Waals surface area (Å²) in [6, 6.07) is 17.5. The maximum Gasteiger partial charge on any atom is 0.326 e. The number of aryl methyl sites for hydroxylation is 2. The molecule has 3 aromatic carbocycles. The highest BCUT2D eigenvalue weighted by molar-refractivity contribution is 7.16. The van der Waals surface area contributed by atoms with Crippen molar-refractivity contribution >= 4 is 44.2 Å². The molecule has 0 unspecified atom stereocenters. The van der Waals surface area contributed by atoms with Crippen molar-refractivity contribution < 1.29 is 14.3 Å². The van der Waals surface area contributed by atoms with Crippen LogP contribution in [0.5, 0.6) is 0 Å². The highest BCUT2D eigenvalue weighted by Gasteiger charge is 2.15. The van der Waals surface area contributed by atoms with Crippen molar-refractivity contribution in [1.29, 1.82) is 0 Å². The molecule has 0 spiro atoms. The Labute approximate surface area is 178 Å². The summed E-state index contributed by atoms with van der Waals surface area (Å²) in [6.07, 6.45) is 0. The molecular weight excluding hydrogens is 396 g/mol. The minimum Gasteiger partial charge on any atom is -0.465 e. The van der Waals surface area contributed by atoms with E-state index in [0.29, 0.717) is 17.0 Å². The lowest BCUT2D eigenvalue weighted by molar-refractivity contribution is -0.143. The zero-order chi connectivity index (χ0) is 21.3. The molecule has 152 valence electrons. The van der Waals surface area contributed by atoms with Crippen LogP contribution in [0.1, 0.15) is 28.4 Å². The Morgan fingerprint density at radius 3 is 2.57 bits per heavy atom. The number of carbonyl (C=O) groups is 2. The normalized spacial score (nSPS) is 11.9. The third-order valence-corrected chi connectivity index (χ3v) is 5.92. The zero-order valence-electron chi connectivity index (χ0n) is 17.1. The number of thiazole rings is 1. The number of amides is 1. The van der Waals surface area contributed by atoms with Gasteiger partial charge in [0.2, 0.25) is 0 Å². The number of ether oxygens (including phenoxy) is 1. The number of carbonyl (C=O) groups excluding carboxylic acids is 2. The predicted octanol–water partition coefficient (Wildman–Crippen LogP) is 4.78. The highest BCUT2D eigenvalue weighted by Crippen LogP contribution is 2.23. The summed E-state index contributed by atoms with van der Waals surface area (Å²) in [5.41, 5.74) is 3.58. The number of hydrogen-bond donors (Lipinski definition) is 0. The van der Waals surface area contributed by atoms with Gasteiger partial charge in [-0.3, -0.25) is 9.59 Å². The molecule has 6 heteroatoms. The van der Waals surface area contributed by atoms with E-state index in [-0.39, 0.29) is 18.4 Å². The summed E-state index contributed by atoms with van der Waals surface area (Å²) in [4.78, 5) is 30.1. The first-order valence-corrected chi connectivity index (χ1v) is 10.6. The fourth-order valence-corrected chi connectivity index (χ4v) is 4.84. The summed E-state index contributed by atoms with van der Waals surface area (Å²) in [7, 11) is 0. The predicted molar refractivity (Wildman–Crippen MR) is 120 cm³/mol. The van der Waals surface area contributed by atoms with Crippen molar-refractivity contribution in [2.75, 3.05) is 6.61 Å². The first-order valence-electron chi connectivity index (χ1n) is 9.80. The molecule has 1 heterocycles. The number of aromatic nitrogens is 1. The SMILES string of the molecule is CCOC(=O)Cn1c(=NC(=O)c2ccc3ccccc3c2)sc2cc(C)cc(C)c21. The molecule has 0 aliphatic carbocycles. The number of nitrogens with zero attached hydrogens (tertiary/aromatic N) is 2. The molecule has 0 fully saturated rings. The molecule has 0 aliphatic heterocycles. The maximum atomic E-state index is 13.0. The van der Waals surface area contributed by atoms with E-state index in [1.165, 1.54) is 11.3 Å². The van der Waals surface area contributed by atoms with Crippen LogP contribution in [0, 0.1) is 13.8 Å². The summed E-state index contributed by atoms with van der Waals surface area (Å²) in [5.74, 6) is -0.684. The van der Waals surface area contributed by atoms with E-state index >= 15 is 0 Å². The van der Waals surface area contributed by atoms with Gasteiger partial charge in [0.1, 0.15) is 6.54 Å². The molecule has 1 aromatic heterocycles. The van der Waals surface area contributed by atoms with Gasteiger partial charge in [0.05, 0.1) is 16.8 Å². The van der Waals surface area contributed by atoms with Gasteiger partial charge in [0, 0.05) is 5.56 Å². The highest BCUT2D eigenvalue weighted by atomic mass is 32.1. The van der Waals surface area contributed by atoms with Crippen molar-refractivity contribution in [3.8, 4) is 0 Å². The molecule has 4 rings (SSSR count).